The molecule has 0 radical (unpaired) electrons. The van der Waals surface area contributed by atoms with Crippen LogP contribution in [0, 0.1) is 0 Å². The minimum Gasteiger partial charge on any atom is -0.465 e. The van der Waals surface area contributed by atoms with Crippen molar-refractivity contribution < 1.29 is 9.90 Å². The zero-order chi connectivity index (χ0) is 12.3. The summed E-state index contributed by atoms with van der Waals surface area (Å²) in [7, 11) is 0. The van der Waals surface area contributed by atoms with Crippen molar-refractivity contribution in [2.24, 2.45) is 0 Å². The molecule has 1 aliphatic heterocycles. The average molecular weight is 251 g/mol. The molecule has 0 fully saturated rings. The SMILES string of the molecule is CSc1nccc(C2=CCN(C(=O)O)CC2)n1. The van der Waals surface area contributed by atoms with Crippen molar-refractivity contribution in [3.8, 4) is 0 Å². The summed E-state index contributed by atoms with van der Waals surface area (Å²) in [5.41, 5.74) is 1.99. The number of carbonyl (C=O) groups is 1. The summed E-state index contributed by atoms with van der Waals surface area (Å²) in [6.07, 6.45) is 5.42. The Morgan fingerprint density at radius 2 is 2.41 bits per heavy atom. The maximum absolute atomic E-state index is 10.8. The lowest BCUT2D eigenvalue weighted by molar-refractivity contribution is 0.150. The fraction of sp³-hybridized carbons (Fsp3) is 0.364. The molecule has 0 saturated heterocycles. The fourth-order valence-electron chi connectivity index (χ4n) is 1.69. The summed E-state index contributed by atoms with van der Waals surface area (Å²) >= 11 is 1.50. The topological polar surface area (TPSA) is 66.3 Å². The minimum absolute atomic E-state index is 0.434. The maximum atomic E-state index is 10.8. The van der Waals surface area contributed by atoms with E-state index < -0.39 is 6.09 Å². The molecule has 1 amide bonds. The highest BCUT2D eigenvalue weighted by atomic mass is 32.2. The summed E-state index contributed by atoms with van der Waals surface area (Å²) in [4.78, 5) is 20.7. The smallest absolute Gasteiger partial charge is 0.407 e. The first-order valence-electron chi connectivity index (χ1n) is 5.25. The molecular weight excluding hydrogens is 238 g/mol. The van der Waals surface area contributed by atoms with Crippen molar-refractivity contribution in [2.75, 3.05) is 19.3 Å². The van der Waals surface area contributed by atoms with Crippen LogP contribution >= 0.6 is 11.8 Å². The molecule has 1 aromatic rings. The number of thioether (sulfide) groups is 1. The highest BCUT2D eigenvalue weighted by Crippen LogP contribution is 2.21. The Bertz CT molecular complexity index is 462. The van der Waals surface area contributed by atoms with Gasteiger partial charge in [-0.1, -0.05) is 17.8 Å². The average Bonchev–Trinajstić information content (AvgIpc) is 2.39. The number of amides is 1. The Morgan fingerprint density at radius 3 is 3.00 bits per heavy atom. The molecule has 0 unspecified atom stereocenters. The molecule has 1 aliphatic rings. The second-order valence-electron chi connectivity index (χ2n) is 3.64. The molecule has 1 aromatic heterocycles. The van der Waals surface area contributed by atoms with E-state index in [1.54, 1.807) is 6.20 Å². The quantitative estimate of drug-likeness (QED) is 0.643. The minimum atomic E-state index is -0.868. The number of hydrogen-bond acceptors (Lipinski definition) is 4. The van der Waals surface area contributed by atoms with E-state index in [2.05, 4.69) is 9.97 Å². The molecule has 0 saturated carbocycles. The van der Waals surface area contributed by atoms with E-state index >= 15 is 0 Å². The molecule has 90 valence electrons. The van der Waals surface area contributed by atoms with Gasteiger partial charge >= 0.3 is 6.09 Å². The third kappa shape index (κ3) is 2.76. The zero-order valence-electron chi connectivity index (χ0n) is 9.46. The van der Waals surface area contributed by atoms with Gasteiger partial charge < -0.3 is 10.0 Å². The van der Waals surface area contributed by atoms with Gasteiger partial charge in [0.05, 0.1) is 5.69 Å². The van der Waals surface area contributed by atoms with Crippen molar-refractivity contribution in [1.29, 1.82) is 0 Å². The van der Waals surface area contributed by atoms with Gasteiger partial charge in [0, 0.05) is 19.3 Å². The first-order valence-corrected chi connectivity index (χ1v) is 6.47. The Hall–Kier alpha value is -1.56. The van der Waals surface area contributed by atoms with Crippen LogP contribution in [0.5, 0.6) is 0 Å². The van der Waals surface area contributed by atoms with Crippen LogP contribution in [0.1, 0.15) is 12.1 Å². The van der Waals surface area contributed by atoms with Gasteiger partial charge in [-0.2, -0.15) is 0 Å². The fourth-order valence-corrected chi connectivity index (χ4v) is 2.05. The molecular formula is C11H13N3O2S. The highest BCUT2D eigenvalue weighted by Gasteiger charge is 2.17. The maximum Gasteiger partial charge on any atom is 0.407 e. The highest BCUT2D eigenvalue weighted by molar-refractivity contribution is 7.98. The summed E-state index contributed by atoms with van der Waals surface area (Å²) < 4.78 is 0. The van der Waals surface area contributed by atoms with E-state index in [0.29, 0.717) is 19.5 Å². The molecule has 0 aliphatic carbocycles. The molecule has 2 heterocycles. The van der Waals surface area contributed by atoms with Crippen LogP contribution in [-0.2, 0) is 0 Å². The van der Waals surface area contributed by atoms with E-state index in [-0.39, 0.29) is 0 Å². The van der Waals surface area contributed by atoms with E-state index in [9.17, 15) is 4.79 Å². The third-order valence-electron chi connectivity index (χ3n) is 2.62. The second-order valence-corrected chi connectivity index (χ2v) is 4.41. The van der Waals surface area contributed by atoms with Gasteiger partial charge in [0.1, 0.15) is 0 Å². The zero-order valence-corrected chi connectivity index (χ0v) is 10.3. The number of hydrogen-bond donors (Lipinski definition) is 1. The first-order chi connectivity index (χ1) is 8.20. The van der Waals surface area contributed by atoms with Crippen molar-refractivity contribution in [3.05, 3.63) is 24.0 Å². The van der Waals surface area contributed by atoms with Crippen LogP contribution in [0.2, 0.25) is 0 Å². The van der Waals surface area contributed by atoms with Crippen LogP contribution in [0.15, 0.2) is 23.5 Å². The molecule has 17 heavy (non-hydrogen) atoms. The number of aromatic nitrogens is 2. The molecule has 1 N–H and O–H groups in total. The van der Waals surface area contributed by atoms with E-state index in [1.807, 2.05) is 18.4 Å². The van der Waals surface area contributed by atoms with E-state index in [0.717, 1.165) is 16.4 Å². The molecule has 5 nitrogen and oxygen atoms in total. The van der Waals surface area contributed by atoms with Crippen molar-refractivity contribution in [1.82, 2.24) is 14.9 Å². The van der Waals surface area contributed by atoms with E-state index in [4.69, 9.17) is 5.11 Å². The number of carboxylic acid groups (broad SMARTS) is 1. The normalized spacial score (nSPS) is 15.6. The number of nitrogens with zero attached hydrogens (tertiary/aromatic N) is 3. The summed E-state index contributed by atoms with van der Waals surface area (Å²) in [5.74, 6) is 0. The summed E-state index contributed by atoms with van der Waals surface area (Å²) in [6, 6.07) is 1.86. The third-order valence-corrected chi connectivity index (χ3v) is 3.19. The van der Waals surface area contributed by atoms with Gasteiger partial charge in [-0.15, -0.1) is 0 Å². The molecule has 0 aromatic carbocycles. The van der Waals surface area contributed by atoms with Gasteiger partial charge in [0.2, 0.25) is 0 Å². The van der Waals surface area contributed by atoms with Crippen molar-refractivity contribution in [2.45, 2.75) is 11.6 Å². The second kappa shape index (κ2) is 5.18. The Balaban J connectivity index is 2.16. The van der Waals surface area contributed by atoms with Gasteiger partial charge in [-0.25, -0.2) is 14.8 Å². The van der Waals surface area contributed by atoms with Crippen molar-refractivity contribution in [3.63, 3.8) is 0 Å². The van der Waals surface area contributed by atoms with Crippen molar-refractivity contribution >= 4 is 23.4 Å². The largest absolute Gasteiger partial charge is 0.465 e. The molecule has 0 spiro atoms. The van der Waals surface area contributed by atoms with Crippen LogP contribution in [0.3, 0.4) is 0 Å². The lowest BCUT2D eigenvalue weighted by atomic mass is 10.1. The van der Waals surface area contributed by atoms with Gasteiger partial charge in [0.15, 0.2) is 5.16 Å². The Kier molecular flexibility index (Phi) is 3.63. The Labute approximate surface area is 104 Å². The predicted octanol–water partition coefficient (Wildman–Crippen LogP) is 1.97. The molecule has 0 bridgehead atoms. The Morgan fingerprint density at radius 1 is 1.59 bits per heavy atom. The number of rotatable bonds is 2. The first kappa shape index (κ1) is 11.9. The van der Waals surface area contributed by atoms with Gasteiger partial charge in [-0.05, 0) is 24.3 Å². The van der Waals surface area contributed by atoms with Gasteiger partial charge in [0.25, 0.3) is 0 Å². The van der Waals surface area contributed by atoms with Crippen LogP contribution in [0.4, 0.5) is 4.79 Å². The summed E-state index contributed by atoms with van der Waals surface area (Å²) in [5, 5.41) is 9.58. The molecule has 0 atom stereocenters. The van der Waals surface area contributed by atoms with Gasteiger partial charge in [-0.3, -0.25) is 0 Å². The summed E-state index contributed by atoms with van der Waals surface area (Å²) in [6.45, 7) is 0.961. The lowest BCUT2D eigenvalue weighted by Gasteiger charge is -2.23. The molecule has 6 heteroatoms. The molecule has 2 rings (SSSR count). The van der Waals surface area contributed by atoms with Crippen LogP contribution < -0.4 is 0 Å². The van der Waals surface area contributed by atoms with Crippen LogP contribution in [0.25, 0.3) is 5.57 Å². The predicted molar refractivity (Wildman–Crippen MR) is 66.0 cm³/mol. The standard InChI is InChI=1S/C11H13N3O2S/c1-17-10-12-5-2-9(13-10)8-3-6-14(7-4-8)11(15)16/h2-3,5H,4,6-7H2,1H3,(H,15,16). The monoisotopic (exact) mass is 251 g/mol. The van der Waals surface area contributed by atoms with Crippen LogP contribution in [-0.4, -0.2) is 45.4 Å². The van der Waals surface area contributed by atoms with E-state index in [1.165, 1.54) is 16.7 Å². The lowest BCUT2D eigenvalue weighted by Crippen LogP contribution is -2.33.